The first kappa shape index (κ1) is 12.0. The molecule has 0 aliphatic carbocycles. The molecule has 1 aromatic rings. The predicted molar refractivity (Wildman–Crippen MR) is 65.7 cm³/mol. The summed E-state index contributed by atoms with van der Waals surface area (Å²) in [5.74, 6) is 0.711. The molecule has 4 nitrogen and oxygen atoms in total. The van der Waals surface area contributed by atoms with Crippen molar-refractivity contribution in [2.45, 2.75) is 45.6 Å². The van der Waals surface area contributed by atoms with E-state index in [0.29, 0.717) is 17.6 Å². The Morgan fingerprint density at radius 3 is 3.06 bits per heavy atom. The second-order valence-corrected chi connectivity index (χ2v) is 4.55. The number of amides is 1. The Labute approximate surface area is 102 Å². The second-order valence-electron chi connectivity index (χ2n) is 4.55. The highest BCUT2D eigenvalue weighted by Crippen LogP contribution is 2.21. The van der Waals surface area contributed by atoms with Crippen LogP contribution in [0.1, 0.15) is 48.9 Å². The van der Waals surface area contributed by atoms with Gasteiger partial charge in [0, 0.05) is 18.8 Å². The van der Waals surface area contributed by atoms with Gasteiger partial charge in [0.2, 0.25) is 0 Å². The highest BCUT2D eigenvalue weighted by molar-refractivity contribution is 5.92. The third-order valence-corrected chi connectivity index (χ3v) is 3.35. The first-order valence-electron chi connectivity index (χ1n) is 6.33. The van der Waals surface area contributed by atoms with Crippen molar-refractivity contribution in [3.63, 3.8) is 0 Å². The molecule has 0 aromatic carbocycles. The zero-order chi connectivity index (χ0) is 12.3. The number of hydrogen-bond donors (Lipinski definition) is 0. The van der Waals surface area contributed by atoms with Gasteiger partial charge in [0.1, 0.15) is 11.5 Å². The summed E-state index contributed by atoms with van der Waals surface area (Å²) in [6.45, 7) is 4.81. The van der Waals surface area contributed by atoms with E-state index in [1.54, 1.807) is 12.3 Å². The lowest BCUT2D eigenvalue weighted by molar-refractivity contribution is 0.0601. The lowest BCUT2D eigenvalue weighted by atomic mass is 9.99. The van der Waals surface area contributed by atoms with E-state index < -0.39 is 0 Å². The third kappa shape index (κ3) is 2.62. The molecule has 0 saturated carbocycles. The summed E-state index contributed by atoms with van der Waals surface area (Å²) in [7, 11) is 0. The number of piperidine rings is 1. The fraction of sp³-hybridized carbons (Fsp3) is 0.615. The van der Waals surface area contributed by atoms with Gasteiger partial charge in [-0.1, -0.05) is 6.92 Å². The molecule has 2 heterocycles. The SMILES string of the molecule is CCC1CCCCN1C(=O)c1ccnc(C)n1. The summed E-state index contributed by atoms with van der Waals surface area (Å²) in [4.78, 5) is 22.6. The Bertz CT molecular complexity index is 405. The second kappa shape index (κ2) is 5.25. The highest BCUT2D eigenvalue weighted by atomic mass is 16.2. The van der Waals surface area contributed by atoms with Gasteiger partial charge in [0.15, 0.2) is 0 Å². The number of aromatic nitrogens is 2. The quantitative estimate of drug-likeness (QED) is 0.786. The molecule has 0 spiro atoms. The van der Waals surface area contributed by atoms with E-state index >= 15 is 0 Å². The van der Waals surface area contributed by atoms with Crippen LogP contribution in [-0.4, -0.2) is 33.4 Å². The van der Waals surface area contributed by atoms with E-state index in [0.717, 1.165) is 25.8 Å². The molecule has 1 unspecified atom stereocenters. The minimum atomic E-state index is 0.0575. The molecule has 4 heteroatoms. The molecule has 0 radical (unpaired) electrons. The standard InChI is InChI=1S/C13H19N3O/c1-3-11-6-4-5-9-16(11)13(17)12-7-8-14-10(2)15-12/h7-8,11H,3-6,9H2,1-2H3. The monoisotopic (exact) mass is 233 g/mol. The summed E-state index contributed by atoms with van der Waals surface area (Å²) < 4.78 is 0. The molecule has 1 aliphatic heterocycles. The topological polar surface area (TPSA) is 46.1 Å². The summed E-state index contributed by atoms with van der Waals surface area (Å²) >= 11 is 0. The minimum Gasteiger partial charge on any atom is -0.334 e. The van der Waals surface area contributed by atoms with Gasteiger partial charge >= 0.3 is 0 Å². The first-order valence-corrected chi connectivity index (χ1v) is 6.33. The van der Waals surface area contributed by atoms with Gasteiger partial charge in [0.25, 0.3) is 5.91 Å². The van der Waals surface area contributed by atoms with Gasteiger partial charge < -0.3 is 4.90 Å². The van der Waals surface area contributed by atoms with Gasteiger partial charge in [-0.15, -0.1) is 0 Å². The molecule has 1 fully saturated rings. The lowest BCUT2D eigenvalue weighted by Gasteiger charge is -2.35. The Morgan fingerprint density at radius 2 is 2.35 bits per heavy atom. The Hall–Kier alpha value is -1.45. The molecule has 1 saturated heterocycles. The van der Waals surface area contributed by atoms with Gasteiger partial charge in [-0.25, -0.2) is 9.97 Å². The van der Waals surface area contributed by atoms with Crippen LogP contribution in [0.3, 0.4) is 0 Å². The van der Waals surface area contributed by atoms with Crippen LogP contribution >= 0.6 is 0 Å². The zero-order valence-corrected chi connectivity index (χ0v) is 10.5. The van der Waals surface area contributed by atoms with Crippen LogP contribution in [0, 0.1) is 6.92 Å². The fourth-order valence-electron chi connectivity index (χ4n) is 2.41. The molecule has 92 valence electrons. The van der Waals surface area contributed by atoms with Crippen molar-refractivity contribution in [3.8, 4) is 0 Å². The number of rotatable bonds is 2. The van der Waals surface area contributed by atoms with Gasteiger partial charge in [0.05, 0.1) is 0 Å². The number of carbonyl (C=O) groups is 1. The maximum absolute atomic E-state index is 12.4. The van der Waals surface area contributed by atoms with E-state index in [4.69, 9.17) is 0 Å². The fourth-order valence-corrected chi connectivity index (χ4v) is 2.41. The largest absolute Gasteiger partial charge is 0.334 e. The van der Waals surface area contributed by atoms with Crippen molar-refractivity contribution in [1.29, 1.82) is 0 Å². The number of carbonyl (C=O) groups excluding carboxylic acids is 1. The number of hydrogen-bond acceptors (Lipinski definition) is 3. The van der Waals surface area contributed by atoms with Crippen LogP contribution in [0.2, 0.25) is 0 Å². The summed E-state index contributed by atoms with van der Waals surface area (Å²) in [5.41, 5.74) is 0.526. The molecule has 0 bridgehead atoms. The average Bonchev–Trinajstić information content (AvgIpc) is 2.38. The maximum Gasteiger partial charge on any atom is 0.272 e. The highest BCUT2D eigenvalue weighted by Gasteiger charge is 2.26. The molecular weight excluding hydrogens is 214 g/mol. The summed E-state index contributed by atoms with van der Waals surface area (Å²) in [5, 5.41) is 0. The van der Waals surface area contributed by atoms with Crippen molar-refractivity contribution in [2.75, 3.05) is 6.54 Å². The van der Waals surface area contributed by atoms with Crippen LogP contribution in [-0.2, 0) is 0 Å². The molecule has 0 N–H and O–H groups in total. The molecule has 2 rings (SSSR count). The van der Waals surface area contributed by atoms with E-state index in [-0.39, 0.29) is 5.91 Å². The van der Waals surface area contributed by atoms with Gasteiger partial charge in [-0.2, -0.15) is 0 Å². The summed E-state index contributed by atoms with van der Waals surface area (Å²) in [6.07, 6.45) is 6.12. The van der Waals surface area contributed by atoms with Crippen molar-refractivity contribution in [3.05, 3.63) is 23.8 Å². The third-order valence-electron chi connectivity index (χ3n) is 3.35. The Morgan fingerprint density at radius 1 is 1.53 bits per heavy atom. The molecule has 1 atom stereocenters. The zero-order valence-electron chi connectivity index (χ0n) is 10.5. The Balaban J connectivity index is 2.18. The predicted octanol–water partition coefficient (Wildman–Crippen LogP) is 2.19. The number of likely N-dealkylation sites (tertiary alicyclic amines) is 1. The average molecular weight is 233 g/mol. The Kier molecular flexibility index (Phi) is 3.71. The van der Waals surface area contributed by atoms with Crippen LogP contribution in [0.25, 0.3) is 0 Å². The number of nitrogens with zero attached hydrogens (tertiary/aromatic N) is 3. The van der Waals surface area contributed by atoms with Crippen molar-refractivity contribution < 1.29 is 4.79 Å². The summed E-state index contributed by atoms with van der Waals surface area (Å²) in [6, 6.07) is 2.09. The van der Waals surface area contributed by atoms with E-state index in [9.17, 15) is 4.79 Å². The van der Waals surface area contributed by atoms with E-state index in [1.165, 1.54) is 6.42 Å². The molecular formula is C13H19N3O. The molecule has 17 heavy (non-hydrogen) atoms. The minimum absolute atomic E-state index is 0.0575. The van der Waals surface area contributed by atoms with Crippen LogP contribution in [0.4, 0.5) is 0 Å². The van der Waals surface area contributed by atoms with Crippen molar-refractivity contribution >= 4 is 5.91 Å². The van der Waals surface area contributed by atoms with E-state index in [1.807, 2.05) is 11.8 Å². The molecule has 1 aliphatic rings. The van der Waals surface area contributed by atoms with Crippen LogP contribution < -0.4 is 0 Å². The smallest absolute Gasteiger partial charge is 0.272 e. The van der Waals surface area contributed by atoms with Gasteiger partial charge in [-0.05, 0) is 38.7 Å². The lowest BCUT2D eigenvalue weighted by Crippen LogP contribution is -2.43. The van der Waals surface area contributed by atoms with Crippen LogP contribution in [0.15, 0.2) is 12.3 Å². The first-order chi connectivity index (χ1) is 8.22. The van der Waals surface area contributed by atoms with Crippen LogP contribution in [0.5, 0.6) is 0 Å². The van der Waals surface area contributed by atoms with E-state index in [2.05, 4.69) is 16.9 Å². The van der Waals surface area contributed by atoms with Gasteiger partial charge in [-0.3, -0.25) is 4.79 Å². The number of aryl methyl sites for hydroxylation is 1. The molecule has 1 amide bonds. The molecule has 1 aromatic heterocycles. The normalized spacial score (nSPS) is 20.4. The van der Waals surface area contributed by atoms with Crippen molar-refractivity contribution in [1.82, 2.24) is 14.9 Å². The van der Waals surface area contributed by atoms with Crippen molar-refractivity contribution in [2.24, 2.45) is 0 Å². The maximum atomic E-state index is 12.4.